The average molecular weight is 288 g/mol. The lowest BCUT2D eigenvalue weighted by Gasteiger charge is -2.36. The second kappa shape index (κ2) is 5.79. The zero-order chi connectivity index (χ0) is 13.9. The van der Waals surface area contributed by atoms with Crippen molar-refractivity contribution in [2.45, 2.75) is 55.7 Å². The van der Waals surface area contributed by atoms with E-state index in [1.54, 1.807) is 0 Å². The van der Waals surface area contributed by atoms with Crippen LogP contribution in [0.5, 0.6) is 0 Å². The summed E-state index contributed by atoms with van der Waals surface area (Å²) in [5.74, 6) is -0.275. The van der Waals surface area contributed by atoms with Gasteiger partial charge >= 0.3 is 0 Å². The van der Waals surface area contributed by atoms with Crippen molar-refractivity contribution < 1.29 is 13.2 Å². The summed E-state index contributed by atoms with van der Waals surface area (Å²) in [6, 6.07) is 0.162. The van der Waals surface area contributed by atoms with Crippen molar-refractivity contribution in [3.8, 4) is 0 Å². The first kappa shape index (κ1) is 14.8. The third-order valence-corrected chi connectivity index (χ3v) is 6.49. The fourth-order valence-corrected chi connectivity index (χ4v) is 4.50. The summed E-state index contributed by atoms with van der Waals surface area (Å²) in [4.78, 5) is 12.5. The zero-order valence-corrected chi connectivity index (χ0v) is 12.4. The number of nitrogens with one attached hydrogen (secondary N) is 2. The van der Waals surface area contributed by atoms with E-state index in [1.807, 2.05) is 0 Å². The number of carbonyl (C=O) groups is 1. The Morgan fingerprint density at radius 2 is 1.74 bits per heavy atom. The molecule has 0 aromatic heterocycles. The molecule has 5 nitrogen and oxygen atoms in total. The van der Waals surface area contributed by atoms with Crippen LogP contribution < -0.4 is 10.6 Å². The molecular formula is C13H24N2O3S. The van der Waals surface area contributed by atoms with Crippen molar-refractivity contribution >= 4 is 15.7 Å². The normalized spacial score (nSPS) is 24.9. The third kappa shape index (κ3) is 3.11. The molecule has 0 radical (unpaired) electrons. The maximum absolute atomic E-state index is 12.5. The minimum Gasteiger partial charge on any atom is -0.352 e. The summed E-state index contributed by atoms with van der Waals surface area (Å²) >= 11 is 0. The van der Waals surface area contributed by atoms with Gasteiger partial charge in [-0.05, 0) is 38.8 Å². The number of piperidine rings is 1. The van der Waals surface area contributed by atoms with Gasteiger partial charge in [-0.1, -0.05) is 19.3 Å². The Hall–Kier alpha value is -0.620. The van der Waals surface area contributed by atoms with Crippen molar-refractivity contribution in [3.63, 3.8) is 0 Å². The van der Waals surface area contributed by atoms with Crippen LogP contribution in [0.4, 0.5) is 0 Å². The first-order valence-corrected chi connectivity index (χ1v) is 9.06. The van der Waals surface area contributed by atoms with Crippen LogP contribution >= 0.6 is 0 Å². The maximum Gasteiger partial charge on any atom is 0.241 e. The van der Waals surface area contributed by atoms with Gasteiger partial charge in [-0.3, -0.25) is 4.79 Å². The molecule has 0 bridgehead atoms. The molecule has 1 aliphatic carbocycles. The van der Waals surface area contributed by atoms with E-state index in [2.05, 4.69) is 10.6 Å². The van der Waals surface area contributed by atoms with Gasteiger partial charge in [0.1, 0.15) is 0 Å². The minimum absolute atomic E-state index is 0.162. The summed E-state index contributed by atoms with van der Waals surface area (Å²) < 4.78 is 23.0. The van der Waals surface area contributed by atoms with Crippen molar-refractivity contribution in [1.29, 1.82) is 0 Å². The van der Waals surface area contributed by atoms with Gasteiger partial charge in [0.05, 0.1) is 0 Å². The first-order chi connectivity index (χ1) is 8.96. The number of amides is 1. The Labute approximate surface area is 115 Å². The van der Waals surface area contributed by atoms with E-state index in [0.29, 0.717) is 25.9 Å². The number of sulfone groups is 1. The molecule has 1 aliphatic heterocycles. The van der Waals surface area contributed by atoms with E-state index in [4.69, 9.17) is 0 Å². The highest BCUT2D eigenvalue weighted by molar-refractivity contribution is 7.92. The van der Waals surface area contributed by atoms with Crippen molar-refractivity contribution in [3.05, 3.63) is 0 Å². The van der Waals surface area contributed by atoms with Crippen molar-refractivity contribution in [2.24, 2.45) is 0 Å². The lowest BCUT2D eigenvalue weighted by atomic mass is 9.92. The molecule has 2 aliphatic rings. The summed E-state index contributed by atoms with van der Waals surface area (Å²) in [5, 5.41) is 6.12. The molecular weight excluding hydrogens is 264 g/mol. The number of carbonyl (C=O) groups excluding carboxylic acids is 1. The first-order valence-electron chi connectivity index (χ1n) is 7.17. The highest BCUT2D eigenvalue weighted by Crippen LogP contribution is 2.29. The van der Waals surface area contributed by atoms with Gasteiger partial charge in [-0.25, -0.2) is 8.42 Å². The molecule has 1 saturated carbocycles. The summed E-state index contributed by atoms with van der Waals surface area (Å²) in [5.41, 5.74) is 0. The van der Waals surface area contributed by atoms with Crippen molar-refractivity contribution in [1.82, 2.24) is 10.6 Å². The molecule has 19 heavy (non-hydrogen) atoms. The highest BCUT2D eigenvalue weighted by atomic mass is 32.2. The van der Waals surface area contributed by atoms with Crippen LogP contribution in [0.3, 0.4) is 0 Å². The van der Waals surface area contributed by atoms with Crippen LogP contribution in [0.25, 0.3) is 0 Å². The standard InChI is InChI=1S/C13H24N2O3S/c1-19(17,18)13(7-9-14-10-8-13)12(16)15-11-5-3-2-4-6-11/h11,14H,2-10H2,1H3,(H,15,16). The van der Waals surface area contributed by atoms with Crippen LogP contribution in [0, 0.1) is 0 Å². The molecule has 2 fully saturated rings. The van der Waals surface area contributed by atoms with Gasteiger partial charge in [0.15, 0.2) is 14.6 Å². The van der Waals surface area contributed by atoms with Gasteiger partial charge in [0.25, 0.3) is 0 Å². The predicted molar refractivity (Wildman–Crippen MR) is 74.7 cm³/mol. The van der Waals surface area contributed by atoms with Gasteiger partial charge in [0, 0.05) is 12.3 Å². The van der Waals surface area contributed by atoms with Crippen LogP contribution in [0.2, 0.25) is 0 Å². The fourth-order valence-electron chi connectivity index (χ4n) is 3.16. The lowest BCUT2D eigenvalue weighted by Crippen LogP contribution is -2.59. The Morgan fingerprint density at radius 1 is 1.16 bits per heavy atom. The van der Waals surface area contributed by atoms with Crippen LogP contribution in [0.1, 0.15) is 44.9 Å². The number of hydrogen-bond acceptors (Lipinski definition) is 4. The molecule has 0 spiro atoms. The molecule has 2 N–H and O–H groups in total. The Bertz CT molecular complexity index is 421. The summed E-state index contributed by atoms with van der Waals surface area (Å²) in [6.07, 6.45) is 7.37. The van der Waals surface area contributed by atoms with Crippen LogP contribution in [-0.4, -0.2) is 44.5 Å². The third-order valence-electron chi connectivity index (χ3n) is 4.48. The van der Waals surface area contributed by atoms with E-state index >= 15 is 0 Å². The average Bonchev–Trinajstić information content (AvgIpc) is 2.39. The molecule has 1 heterocycles. The predicted octanol–water partition coefficient (Wildman–Crippen LogP) is 0.602. The molecule has 1 saturated heterocycles. The Morgan fingerprint density at radius 3 is 2.26 bits per heavy atom. The summed E-state index contributed by atoms with van der Waals surface area (Å²) in [7, 11) is -3.39. The van der Waals surface area contributed by atoms with Crippen LogP contribution in [0.15, 0.2) is 0 Å². The maximum atomic E-state index is 12.5. The Kier molecular flexibility index (Phi) is 4.50. The van der Waals surface area contributed by atoms with Gasteiger partial charge in [-0.2, -0.15) is 0 Å². The van der Waals surface area contributed by atoms with E-state index in [-0.39, 0.29) is 11.9 Å². The van der Waals surface area contributed by atoms with Crippen LogP contribution in [-0.2, 0) is 14.6 Å². The SMILES string of the molecule is CS(=O)(=O)C1(C(=O)NC2CCCCC2)CCNCC1. The number of rotatable bonds is 3. The van der Waals surface area contributed by atoms with Crippen molar-refractivity contribution in [2.75, 3.05) is 19.3 Å². The second-order valence-corrected chi connectivity index (χ2v) is 8.15. The molecule has 0 unspecified atom stereocenters. The second-order valence-electron chi connectivity index (χ2n) is 5.82. The van der Waals surface area contributed by atoms with E-state index in [0.717, 1.165) is 25.7 Å². The van der Waals surface area contributed by atoms with E-state index in [1.165, 1.54) is 12.7 Å². The topological polar surface area (TPSA) is 75.3 Å². The fraction of sp³-hybridized carbons (Fsp3) is 0.923. The molecule has 6 heteroatoms. The molecule has 2 rings (SSSR count). The smallest absolute Gasteiger partial charge is 0.241 e. The molecule has 0 aromatic carbocycles. The lowest BCUT2D eigenvalue weighted by molar-refractivity contribution is -0.125. The quantitative estimate of drug-likeness (QED) is 0.797. The minimum atomic E-state index is -3.39. The highest BCUT2D eigenvalue weighted by Gasteiger charge is 2.48. The molecule has 0 atom stereocenters. The van der Waals surface area contributed by atoms with E-state index < -0.39 is 14.6 Å². The molecule has 0 aromatic rings. The summed E-state index contributed by atoms with van der Waals surface area (Å²) in [6.45, 7) is 1.18. The molecule has 110 valence electrons. The number of hydrogen-bond donors (Lipinski definition) is 2. The van der Waals surface area contributed by atoms with Gasteiger partial charge < -0.3 is 10.6 Å². The zero-order valence-electron chi connectivity index (χ0n) is 11.6. The molecule has 1 amide bonds. The monoisotopic (exact) mass is 288 g/mol. The van der Waals surface area contributed by atoms with Gasteiger partial charge in [-0.15, -0.1) is 0 Å². The largest absolute Gasteiger partial charge is 0.352 e. The van der Waals surface area contributed by atoms with Gasteiger partial charge in [0.2, 0.25) is 5.91 Å². The van der Waals surface area contributed by atoms with E-state index in [9.17, 15) is 13.2 Å². The Balaban J connectivity index is 2.11.